The average molecular weight is 306 g/mol. The van der Waals surface area contributed by atoms with Crippen LogP contribution >= 0.6 is 0 Å². The van der Waals surface area contributed by atoms with Gasteiger partial charge < -0.3 is 0 Å². The molecular weight excluding hydrogens is 278 g/mol. The van der Waals surface area contributed by atoms with E-state index in [2.05, 4.69) is 42.6 Å². The summed E-state index contributed by atoms with van der Waals surface area (Å²) in [6, 6.07) is 0. The van der Waals surface area contributed by atoms with Gasteiger partial charge in [-0.05, 0) is 30.5 Å². The smallest absolute Gasteiger partial charge is 0.258 e. The normalized spacial score (nSPS) is 12.1. The van der Waals surface area contributed by atoms with Crippen LogP contribution in [0.1, 0.15) is 39.0 Å². The van der Waals surface area contributed by atoms with E-state index in [1.54, 1.807) is 0 Å². The first-order chi connectivity index (χ1) is 8.67. The third-order valence-corrected chi connectivity index (χ3v) is 5.43. The van der Waals surface area contributed by atoms with Crippen LogP contribution < -0.4 is 5.14 Å². The van der Waals surface area contributed by atoms with Crippen LogP contribution in [0.2, 0.25) is 19.6 Å². The van der Waals surface area contributed by atoms with Gasteiger partial charge in [-0.25, -0.2) is 5.14 Å². The van der Waals surface area contributed by atoms with Gasteiger partial charge in [-0.1, -0.05) is 39.4 Å². The number of hydrogen-bond donors (Lipinski definition) is 1. The van der Waals surface area contributed by atoms with Crippen molar-refractivity contribution < 1.29 is 12.6 Å². The topological polar surface area (TPSA) is 69.4 Å². The van der Waals surface area contributed by atoms with Gasteiger partial charge in [-0.3, -0.25) is 4.18 Å². The second-order valence-electron chi connectivity index (χ2n) is 5.64. The molecule has 0 saturated heterocycles. The molecule has 0 aromatic rings. The summed E-state index contributed by atoms with van der Waals surface area (Å²) >= 11 is 0. The quantitative estimate of drug-likeness (QED) is 0.404. The number of rotatable bonds is 9. The van der Waals surface area contributed by atoms with Gasteiger partial charge in [0.25, 0.3) is 0 Å². The lowest BCUT2D eigenvalue weighted by atomic mass is 10.2. The lowest BCUT2D eigenvalue weighted by Crippen LogP contribution is -2.25. The van der Waals surface area contributed by atoms with E-state index < -0.39 is 18.4 Å². The predicted molar refractivity (Wildman–Crippen MR) is 82.8 cm³/mol. The van der Waals surface area contributed by atoms with Gasteiger partial charge in [0.05, 0.1) is 14.7 Å². The van der Waals surface area contributed by atoms with Crippen molar-refractivity contribution in [1.82, 2.24) is 0 Å². The van der Waals surface area contributed by atoms with E-state index in [-0.39, 0.29) is 6.61 Å². The molecule has 0 fully saturated rings. The minimum atomic E-state index is -3.83. The average Bonchev–Trinajstić information content (AvgIpc) is 2.23. The van der Waals surface area contributed by atoms with Gasteiger partial charge >= 0.3 is 10.3 Å². The highest BCUT2D eigenvalue weighted by atomic mass is 32.2. The number of hydrogen-bond acceptors (Lipinski definition) is 3. The Labute approximate surface area is 119 Å². The molecule has 0 aliphatic heterocycles. The Bertz CT molecular complexity index is 418. The molecule has 112 valence electrons. The Balaban J connectivity index is 4.52. The fraction of sp³-hybridized carbons (Fsp3) is 0.769. The highest BCUT2D eigenvalue weighted by Crippen LogP contribution is 2.17. The van der Waals surface area contributed by atoms with Crippen LogP contribution in [0.15, 0.2) is 17.0 Å². The molecule has 6 heteroatoms. The van der Waals surface area contributed by atoms with Crippen LogP contribution in [0.5, 0.6) is 0 Å². The second-order valence-corrected chi connectivity index (χ2v) is 12.0. The van der Waals surface area contributed by atoms with E-state index >= 15 is 0 Å². The van der Waals surface area contributed by atoms with Crippen molar-refractivity contribution in [3.05, 3.63) is 17.0 Å². The second kappa shape index (κ2) is 8.71. The van der Waals surface area contributed by atoms with Gasteiger partial charge in [0.1, 0.15) is 0 Å². The summed E-state index contributed by atoms with van der Waals surface area (Å²) in [6.07, 6.45) is 7.29. The summed E-state index contributed by atoms with van der Waals surface area (Å²) in [5, 5.41) is 6.00. The van der Waals surface area contributed by atoms with Crippen molar-refractivity contribution in [2.24, 2.45) is 5.14 Å². The van der Waals surface area contributed by atoms with Gasteiger partial charge in [-0.15, -0.1) is 5.73 Å². The zero-order valence-corrected chi connectivity index (χ0v) is 14.3. The summed E-state index contributed by atoms with van der Waals surface area (Å²) < 4.78 is 26.0. The molecule has 0 aliphatic carbocycles. The molecule has 0 spiro atoms. The molecule has 0 saturated carbocycles. The van der Waals surface area contributed by atoms with Gasteiger partial charge in [0.2, 0.25) is 0 Å². The molecule has 0 heterocycles. The zero-order chi connectivity index (χ0) is 14.9. The highest BCUT2D eigenvalue weighted by molar-refractivity contribution is 7.84. The standard InChI is InChI=1S/C13H27NO3SSi/c1-5-6-7-8-9-10-13(19(2,3)4)11-12-17-18(14,15)16/h9H,5-8,11-12H2,1-4H3,(H2,14,15,16). The van der Waals surface area contributed by atoms with Crippen LogP contribution in [-0.2, 0) is 14.5 Å². The van der Waals surface area contributed by atoms with Crippen molar-refractivity contribution in [2.75, 3.05) is 6.61 Å². The van der Waals surface area contributed by atoms with E-state index in [4.69, 9.17) is 5.14 Å². The van der Waals surface area contributed by atoms with E-state index in [1.165, 1.54) is 24.5 Å². The molecule has 0 amide bonds. The van der Waals surface area contributed by atoms with Crippen molar-refractivity contribution in [1.29, 1.82) is 0 Å². The fourth-order valence-electron chi connectivity index (χ4n) is 1.62. The van der Waals surface area contributed by atoms with E-state index in [9.17, 15) is 8.42 Å². The Morgan fingerprint density at radius 1 is 1.32 bits per heavy atom. The number of unbranched alkanes of at least 4 members (excludes halogenated alkanes) is 3. The summed E-state index contributed by atoms with van der Waals surface area (Å²) in [5.74, 6) is 0. The molecule has 0 aromatic heterocycles. The molecule has 4 nitrogen and oxygen atoms in total. The molecular formula is C13H27NO3SSi. The molecule has 0 bridgehead atoms. The Morgan fingerprint density at radius 2 is 1.95 bits per heavy atom. The molecule has 0 aliphatic rings. The lowest BCUT2D eigenvalue weighted by Gasteiger charge is -2.18. The van der Waals surface area contributed by atoms with Gasteiger partial charge in [0.15, 0.2) is 0 Å². The van der Waals surface area contributed by atoms with Crippen molar-refractivity contribution >= 4 is 18.4 Å². The van der Waals surface area contributed by atoms with Crippen LogP contribution in [0, 0.1) is 0 Å². The highest BCUT2D eigenvalue weighted by Gasteiger charge is 2.19. The van der Waals surface area contributed by atoms with E-state index in [0.29, 0.717) is 6.42 Å². The van der Waals surface area contributed by atoms with Gasteiger partial charge in [-0.2, -0.15) is 8.42 Å². The third kappa shape index (κ3) is 11.2. The first-order valence-electron chi connectivity index (χ1n) is 6.78. The molecule has 19 heavy (non-hydrogen) atoms. The Morgan fingerprint density at radius 3 is 2.42 bits per heavy atom. The third-order valence-electron chi connectivity index (χ3n) is 2.73. The van der Waals surface area contributed by atoms with Crippen molar-refractivity contribution in [2.45, 2.75) is 58.7 Å². The number of nitrogens with two attached hydrogens (primary N) is 1. The molecule has 2 N–H and O–H groups in total. The predicted octanol–water partition coefficient (Wildman–Crippen LogP) is 3.14. The maximum Gasteiger partial charge on any atom is 0.333 e. The zero-order valence-electron chi connectivity index (χ0n) is 12.5. The van der Waals surface area contributed by atoms with Crippen LogP contribution in [0.25, 0.3) is 0 Å². The monoisotopic (exact) mass is 305 g/mol. The molecule has 0 aromatic carbocycles. The molecule has 0 atom stereocenters. The maximum absolute atomic E-state index is 10.7. The Hall–Kier alpha value is -0.393. The Kier molecular flexibility index (Phi) is 8.53. The van der Waals surface area contributed by atoms with Crippen LogP contribution in [-0.4, -0.2) is 23.1 Å². The van der Waals surface area contributed by atoms with Crippen LogP contribution in [0.4, 0.5) is 0 Å². The minimum Gasteiger partial charge on any atom is -0.258 e. The summed E-state index contributed by atoms with van der Waals surface area (Å²) in [4.78, 5) is 0. The summed E-state index contributed by atoms with van der Waals surface area (Å²) in [7, 11) is -5.33. The largest absolute Gasteiger partial charge is 0.333 e. The lowest BCUT2D eigenvalue weighted by molar-refractivity contribution is 0.324. The maximum atomic E-state index is 10.7. The van der Waals surface area contributed by atoms with Crippen molar-refractivity contribution in [3.63, 3.8) is 0 Å². The molecule has 0 radical (unpaired) electrons. The molecule has 0 unspecified atom stereocenters. The summed E-state index contributed by atoms with van der Waals surface area (Å²) in [5.41, 5.74) is 3.34. The SMILES string of the molecule is CCCCCC=C=C(CCOS(N)(=O)=O)[Si](C)(C)C. The van der Waals surface area contributed by atoms with Crippen molar-refractivity contribution in [3.8, 4) is 0 Å². The first kappa shape index (κ1) is 18.6. The van der Waals surface area contributed by atoms with Gasteiger partial charge in [0, 0.05) is 0 Å². The summed E-state index contributed by atoms with van der Waals surface area (Å²) in [6.45, 7) is 8.93. The van der Waals surface area contributed by atoms with Crippen LogP contribution in [0.3, 0.4) is 0 Å². The first-order valence-corrected chi connectivity index (χ1v) is 11.8. The fourth-order valence-corrected chi connectivity index (χ4v) is 3.32. The molecule has 0 rings (SSSR count). The minimum absolute atomic E-state index is 0.105. The van der Waals surface area contributed by atoms with E-state index in [1.807, 2.05) is 0 Å². The van der Waals surface area contributed by atoms with E-state index in [0.717, 1.165) is 6.42 Å².